The second-order valence-electron chi connectivity index (χ2n) is 6.04. The molecule has 0 fully saturated rings. The Morgan fingerprint density at radius 3 is 2.60 bits per heavy atom. The van der Waals surface area contributed by atoms with Crippen LogP contribution in [0.5, 0.6) is 0 Å². The van der Waals surface area contributed by atoms with Gasteiger partial charge in [0, 0.05) is 21.9 Å². The van der Waals surface area contributed by atoms with E-state index in [1.54, 1.807) is 6.07 Å². The minimum absolute atomic E-state index is 0.442. The molecule has 0 aliphatic heterocycles. The van der Waals surface area contributed by atoms with Crippen molar-refractivity contribution in [3.05, 3.63) is 71.3 Å². The SMILES string of the molecule is Cc1c(-c2ccccc2C#N)ccc2c1[nH]c1cccc(C(N)=O)c12. The van der Waals surface area contributed by atoms with Crippen LogP contribution in [-0.4, -0.2) is 10.9 Å². The van der Waals surface area contributed by atoms with E-state index < -0.39 is 5.91 Å². The molecule has 4 heteroatoms. The van der Waals surface area contributed by atoms with Gasteiger partial charge in [-0.15, -0.1) is 0 Å². The lowest BCUT2D eigenvalue weighted by Crippen LogP contribution is -2.10. The van der Waals surface area contributed by atoms with Crippen molar-refractivity contribution in [2.24, 2.45) is 5.73 Å². The van der Waals surface area contributed by atoms with Gasteiger partial charge in [0.1, 0.15) is 0 Å². The molecular weight excluding hydrogens is 310 g/mol. The first-order valence-corrected chi connectivity index (χ1v) is 7.95. The lowest BCUT2D eigenvalue weighted by Gasteiger charge is -2.09. The number of hydrogen-bond acceptors (Lipinski definition) is 2. The van der Waals surface area contributed by atoms with Gasteiger partial charge in [-0.3, -0.25) is 4.79 Å². The van der Waals surface area contributed by atoms with Crippen LogP contribution < -0.4 is 5.73 Å². The van der Waals surface area contributed by atoms with Crippen molar-refractivity contribution < 1.29 is 4.79 Å². The summed E-state index contributed by atoms with van der Waals surface area (Å²) in [6.45, 7) is 2.02. The molecule has 1 amide bonds. The molecule has 120 valence electrons. The number of primary amides is 1. The molecule has 4 nitrogen and oxygen atoms in total. The summed E-state index contributed by atoms with van der Waals surface area (Å²) in [4.78, 5) is 15.2. The molecule has 3 N–H and O–H groups in total. The van der Waals surface area contributed by atoms with Gasteiger partial charge in [0.25, 0.3) is 0 Å². The normalized spacial score (nSPS) is 10.9. The molecule has 0 spiro atoms. The van der Waals surface area contributed by atoms with Crippen molar-refractivity contribution in [1.82, 2.24) is 4.98 Å². The molecule has 0 saturated heterocycles. The molecule has 25 heavy (non-hydrogen) atoms. The van der Waals surface area contributed by atoms with E-state index in [9.17, 15) is 10.1 Å². The van der Waals surface area contributed by atoms with E-state index in [0.717, 1.165) is 38.5 Å². The van der Waals surface area contributed by atoms with Crippen LogP contribution in [0, 0.1) is 18.3 Å². The molecule has 0 saturated carbocycles. The minimum atomic E-state index is -0.442. The summed E-state index contributed by atoms with van der Waals surface area (Å²) < 4.78 is 0. The predicted octanol–water partition coefficient (Wildman–Crippen LogP) is 4.27. The number of nitriles is 1. The van der Waals surface area contributed by atoms with Crippen LogP contribution in [0.1, 0.15) is 21.5 Å². The quantitative estimate of drug-likeness (QED) is 0.577. The number of nitrogens with zero attached hydrogens (tertiary/aromatic N) is 1. The second kappa shape index (κ2) is 5.50. The molecule has 0 bridgehead atoms. The third-order valence-electron chi connectivity index (χ3n) is 4.66. The first-order valence-electron chi connectivity index (χ1n) is 7.95. The molecule has 4 aromatic rings. The number of rotatable bonds is 2. The Labute approximate surface area is 144 Å². The second-order valence-corrected chi connectivity index (χ2v) is 6.04. The standard InChI is InChI=1S/C21H15N3O/c1-12-14(15-6-3-2-5-13(15)11-22)9-10-16-19-17(21(23)25)7-4-8-18(19)24-20(12)16/h2-10,24H,1H3,(H2,23,25). The number of nitrogens with two attached hydrogens (primary N) is 1. The number of aryl methyl sites for hydroxylation is 1. The van der Waals surface area contributed by atoms with Crippen LogP contribution >= 0.6 is 0 Å². The summed E-state index contributed by atoms with van der Waals surface area (Å²) >= 11 is 0. The molecule has 0 unspecified atom stereocenters. The molecular formula is C21H15N3O. The average Bonchev–Trinajstić information content (AvgIpc) is 3.01. The Morgan fingerprint density at radius 2 is 1.84 bits per heavy atom. The topological polar surface area (TPSA) is 82.7 Å². The van der Waals surface area contributed by atoms with Gasteiger partial charge in [-0.05, 0) is 41.8 Å². The van der Waals surface area contributed by atoms with Gasteiger partial charge >= 0.3 is 0 Å². The zero-order valence-corrected chi connectivity index (χ0v) is 13.6. The molecule has 0 aliphatic rings. The number of benzene rings is 3. The first kappa shape index (κ1) is 15.0. The zero-order valence-electron chi connectivity index (χ0n) is 13.6. The van der Waals surface area contributed by atoms with Gasteiger partial charge in [0.2, 0.25) is 5.91 Å². The summed E-state index contributed by atoms with van der Waals surface area (Å²) in [5.41, 5.74) is 11.4. The molecule has 4 rings (SSSR count). The van der Waals surface area contributed by atoms with Crippen molar-refractivity contribution in [1.29, 1.82) is 5.26 Å². The summed E-state index contributed by atoms with van der Waals surface area (Å²) in [6.07, 6.45) is 0. The third-order valence-corrected chi connectivity index (χ3v) is 4.66. The van der Waals surface area contributed by atoms with Gasteiger partial charge in [0.05, 0.1) is 17.1 Å². The number of carbonyl (C=O) groups is 1. The van der Waals surface area contributed by atoms with E-state index in [2.05, 4.69) is 11.1 Å². The van der Waals surface area contributed by atoms with Crippen LogP contribution in [0.4, 0.5) is 0 Å². The van der Waals surface area contributed by atoms with Gasteiger partial charge in [0.15, 0.2) is 0 Å². The van der Waals surface area contributed by atoms with Crippen LogP contribution in [0.25, 0.3) is 32.9 Å². The highest BCUT2D eigenvalue weighted by molar-refractivity contribution is 6.18. The Kier molecular flexibility index (Phi) is 3.29. The maximum absolute atomic E-state index is 11.8. The van der Waals surface area contributed by atoms with Crippen molar-refractivity contribution in [2.45, 2.75) is 6.92 Å². The van der Waals surface area contributed by atoms with Crippen molar-refractivity contribution in [3.63, 3.8) is 0 Å². The first-order chi connectivity index (χ1) is 12.1. The predicted molar refractivity (Wildman–Crippen MR) is 99.2 cm³/mol. The van der Waals surface area contributed by atoms with Gasteiger partial charge in [-0.2, -0.15) is 5.26 Å². The smallest absolute Gasteiger partial charge is 0.249 e. The fourth-order valence-corrected chi connectivity index (χ4v) is 3.48. The highest BCUT2D eigenvalue weighted by Crippen LogP contribution is 2.35. The molecule has 0 atom stereocenters. The van der Waals surface area contributed by atoms with Gasteiger partial charge < -0.3 is 10.7 Å². The number of carbonyl (C=O) groups excluding carboxylic acids is 1. The summed E-state index contributed by atoms with van der Waals surface area (Å²) in [7, 11) is 0. The van der Waals surface area contributed by atoms with Gasteiger partial charge in [-0.1, -0.05) is 36.4 Å². The number of fused-ring (bicyclic) bond motifs is 3. The fraction of sp³-hybridized carbons (Fsp3) is 0.0476. The summed E-state index contributed by atoms with van der Waals surface area (Å²) in [6, 6.07) is 19.3. The Hall–Kier alpha value is -3.58. The van der Waals surface area contributed by atoms with E-state index >= 15 is 0 Å². The minimum Gasteiger partial charge on any atom is -0.366 e. The number of aromatic amines is 1. The Morgan fingerprint density at radius 1 is 1.04 bits per heavy atom. The van der Waals surface area contributed by atoms with Crippen molar-refractivity contribution >= 4 is 27.7 Å². The molecule has 3 aromatic carbocycles. The molecule has 1 heterocycles. The third kappa shape index (κ3) is 2.18. The summed E-state index contributed by atoms with van der Waals surface area (Å²) in [5, 5.41) is 11.2. The van der Waals surface area contributed by atoms with Crippen LogP contribution in [-0.2, 0) is 0 Å². The van der Waals surface area contributed by atoms with Crippen LogP contribution in [0.2, 0.25) is 0 Å². The Bertz CT molecular complexity index is 1200. The lowest BCUT2D eigenvalue weighted by atomic mass is 9.94. The number of nitrogens with one attached hydrogen (secondary N) is 1. The highest BCUT2D eigenvalue weighted by Gasteiger charge is 2.16. The van der Waals surface area contributed by atoms with E-state index in [1.165, 1.54) is 0 Å². The van der Waals surface area contributed by atoms with E-state index in [-0.39, 0.29) is 0 Å². The maximum Gasteiger partial charge on any atom is 0.249 e. The Balaban J connectivity index is 2.08. The molecule has 0 aliphatic carbocycles. The maximum atomic E-state index is 11.8. The van der Waals surface area contributed by atoms with E-state index in [4.69, 9.17) is 5.73 Å². The fourth-order valence-electron chi connectivity index (χ4n) is 3.48. The average molecular weight is 325 g/mol. The van der Waals surface area contributed by atoms with Crippen LogP contribution in [0.15, 0.2) is 54.6 Å². The van der Waals surface area contributed by atoms with E-state index in [0.29, 0.717) is 11.1 Å². The van der Waals surface area contributed by atoms with Crippen molar-refractivity contribution in [2.75, 3.05) is 0 Å². The number of H-pyrrole nitrogens is 1. The molecule has 0 radical (unpaired) electrons. The van der Waals surface area contributed by atoms with Crippen molar-refractivity contribution in [3.8, 4) is 17.2 Å². The van der Waals surface area contributed by atoms with Gasteiger partial charge in [-0.25, -0.2) is 0 Å². The molecule has 1 aromatic heterocycles. The highest BCUT2D eigenvalue weighted by atomic mass is 16.1. The van der Waals surface area contributed by atoms with E-state index in [1.807, 2.05) is 55.5 Å². The monoisotopic (exact) mass is 325 g/mol. The number of aromatic nitrogens is 1. The lowest BCUT2D eigenvalue weighted by molar-refractivity contribution is 0.100. The number of amides is 1. The summed E-state index contributed by atoms with van der Waals surface area (Å²) in [5.74, 6) is -0.442. The zero-order chi connectivity index (χ0) is 17.6. The largest absolute Gasteiger partial charge is 0.366 e. The number of hydrogen-bond donors (Lipinski definition) is 2. The van der Waals surface area contributed by atoms with Crippen LogP contribution in [0.3, 0.4) is 0 Å².